The Morgan fingerprint density at radius 1 is 1.53 bits per heavy atom. The fourth-order valence-corrected chi connectivity index (χ4v) is 1.70. The second kappa shape index (κ2) is 4.39. The lowest BCUT2D eigenvalue weighted by Gasteiger charge is -2.03. The van der Waals surface area contributed by atoms with E-state index in [-0.39, 0.29) is 5.56 Å². The highest BCUT2D eigenvalue weighted by atomic mass is 79.9. The molecule has 1 N–H and O–H groups in total. The van der Waals surface area contributed by atoms with E-state index in [1.807, 2.05) is 6.07 Å². The quantitative estimate of drug-likeness (QED) is 0.920. The molecule has 2 aromatic rings. The Balaban J connectivity index is 2.56. The molecule has 0 atom stereocenters. The predicted molar refractivity (Wildman–Crippen MR) is 62.9 cm³/mol. The molecule has 84 valence electrons. The summed E-state index contributed by atoms with van der Waals surface area (Å²) < 4.78 is 2.16. The summed E-state index contributed by atoms with van der Waals surface area (Å²) in [6, 6.07) is 7.12. The Labute approximate surface area is 105 Å². The number of halogens is 1. The van der Waals surface area contributed by atoms with Crippen molar-refractivity contribution < 1.29 is 9.90 Å². The highest BCUT2D eigenvalue weighted by molar-refractivity contribution is 9.10. The molecule has 0 fully saturated rings. The average Bonchev–Trinajstić information content (AvgIpc) is 2.78. The van der Waals surface area contributed by atoms with Crippen LogP contribution in [0.15, 0.2) is 35.1 Å². The summed E-state index contributed by atoms with van der Waals surface area (Å²) in [4.78, 5) is 10.7. The molecule has 0 amide bonds. The third-order valence-electron chi connectivity index (χ3n) is 2.16. The molecule has 17 heavy (non-hydrogen) atoms. The summed E-state index contributed by atoms with van der Waals surface area (Å²) in [6.45, 7) is 0. The minimum absolute atomic E-state index is 0.0777. The van der Waals surface area contributed by atoms with Gasteiger partial charge in [0.15, 0.2) is 0 Å². The van der Waals surface area contributed by atoms with Gasteiger partial charge in [0, 0.05) is 10.7 Å². The van der Waals surface area contributed by atoms with E-state index in [0.29, 0.717) is 11.3 Å². The number of carboxylic acid groups (broad SMARTS) is 1. The number of hydrogen-bond donors (Lipinski definition) is 1. The SMILES string of the molecule is N#Cc1ccc(Br)cc1-n1cc(C(=O)O)cn1. The number of benzene rings is 1. The zero-order chi connectivity index (χ0) is 12.4. The molecule has 0 aliphatic rings. The Kier molecular flexibility index (Phi) is 2.93. The molecule has 0 radical (unpaired) electrons. The van der Waals surface area contributed by atoms with Gasteiger partial charge in [-0.15, -0.1) is 0 Å². The number of rotatable bonds is 2. The normalized spacial score (nSPS) is 9.88. The second-order valence-electron chi connectivity index (χ2n) is 3.25. The van der Waals surface area contributed by atoms with Crippen LogP contribution in [0, 0.1) is 11.3 Å². The zero-order valence-electron chi connectivity index (χ0n) is 8.46. The van der Waals surface area contributed by atoms with Gasteiger partial charge in [0.05, 0.1) is 23.0 Å². The van der Waals surface area contributed by atoms with Gasteiger partial charge in [0.2, 0.25) is 0 Å². The highest BCUT2D eigenvalue weighted by Crippen LogP contribution is 2.19. The first-order chi connectivity index (χ1) is 8.11. The molecule has 2 rings (SSSR count). The molecule has 6 heteroatoms. The fourth-order valence-electron chi connectivity index (χ4n) is 1.35. The smallest absolute Gasteiger partial charge is 0.338 e. The summed E-state index contributed by atoms with van der Waals surface area (Å²) in [6.07, 6.45) is 2.61. The lowest BCUT2D eigenvalue weighted by atomic mass is 10.2. The van der Waals surface area contributed by atoms with E-state index in [1.54, 1.807) is 18.2 Å². The summed E-state index contributed by atoms with van der Waals surface area (Å²) in [5.41, 5.74) is 1.04. The van der Waals surface area contributed by atoms with Crippen molar-refractivity contribution in [1.29, 1.82) is 5.26 Å². The van der Waals surface area contributed by atoms with Crippen LogP contribution < -0.4 is 0 Å². The maximum atomic E-state index is 10.7. The van der Waals surface area contributed by atoms with Gasteiger partial charge in [-0.05, 0) is 18.2 Å². The predicted octanol–water partition coefficient (Wildman–Crippen LogP) is 2.20. The summed E-state index contributed by atoms with van der Waals surface area (Å²) in [5.74, 6) is -1.05. The number of carbonyl (C=O) groups is 1. The molecule has 1 heterocycles. The maximum Gasteiger partial charge on any atom is 0.338 e. The van der Waals surface area contributed by atoms with Gasteiger partial charge < -0.3 is 5.11 Å². The molecule has 1 aromatic carbocycles. The second-order valence-corrected chi connectivity index (χ2v) is 4.17. The fraction of sp³-hybridized carbons (Fsp3) is 0. The largest absolute Gasteiger partial charge is 0.478 e. The van der Waals surface area contributed by atoms with E-state index in [9.17, 15) is 4.79 Å². The van der Waals surface area contributed by atoms with Crippen molar-refractivity contribution in [3.05, 3.63) is 46.2 Å². The molecule has 1 aromatic heterocycles. The highest BCUT2D eigenvalue weighted by Gasteiger charge is 2.10. The topological polar surface area (TPSA) is 78.9 Å². The Morgan fingerprint density at radius 2 is 2.29 bits per heavy atom. The van der Waals surface area contributed by atoms with Gasteiger partial charge in [-0.3, -0.25) is 0 Å². The molecule has 0 unspecified atom stereocenters. The maximum absolute atomic E-state index is 10.7. The minimum atomic E-state index is -1.05. The first-order valence-electron chi connectivity index (χ1n) is 4.60. The first kappa shape index (κ1) is 11.4. The van der Waals surface area contributed by atoms with Crippen LogP contribution >= 0.6 is 15.9 Å². The van der Waals surface area contributed by atoms with E-state index < -0.39 is 5.97 Å². The third kappa shape index (κ3) is 2.19. The summed E-state index contributed by atoms with van der Waals surface area (Å²) >= 11 is 3.29. The van der Waals surface area contributed by atoms with E-state index in [1.165, 1.54) is 17.1 Å². The van der Waals surface area contributed by atoms with Gasteiger partial charge in [-0.2, -0.15) is 10.4 Å². The molecule has 5 nitrogen and oxygen atoms in total. The van der Waals surface area contributed by atoms with E-state index in [2.05, 4.69) is 21.0 Å². The van der Waals surface area contributed by atoms with Crippen molar-refractivity contribution in [2.75, 3.05) is 0 Å². The Morgan fingerprint density at radius 3 is 2.88 bits per heavy atom. The van der Waals surface area contributed by atoms with Gasteiger partial charge >= 0.3 is 5.97 Å². The molecule has 0 saturated carbocycles. The number of nitrogens with zero attached hydrogens (tertiary/aromatic N) is 3. The molecule has 0 spiro atoms. The van der Waals surface area contributed by atoms with Crippen LogP contribution in [0.1, 0.15) is 15.9 Å². The molecular weight excluding hydrogens is 286 g/mol. The van der Waals surface area contributed by atoms with Crippen LogP contribution in [0.4, 0.5) is 0 Å². The first-order valence-corrected chi connectivity index (χ1v) is 5.39. The van der Waals surface area contributed by atoms with E-state index >= 15 is 0 Å². The zero-order valence-corrected chi connectivity index (χ0v) is 10.0. The lowest BCUT2D eigenvalue weighted by Crippen LogP contribution is -1.98. The van der Waals surface area contributed by atoms with Crippen LogP contribution in [-0.4, -0.2) is 20.9 Å². The van der Waals surface area contributed by atoms with Gasteiger partial charge in [0.1, 0.15) is 6.07 Å². The Bertz CT molecular complexity index is 628. The van der Waals surface area contributed by atoms with E-state index in [4.69, 9.17) is 10.4 Å². The van der Waals surface area contributed by atoms with Crippen molar-refractivity contribution in [3.8, 4) is 11.8 Å². The average molecular weight is 292 g/mol. The van der Waals surface area contributed by atoms with Gasteiger partial charge in [0.25, 0.3) is 0 Å². The van der Waals surface area contributed by atoms with Crippen LogP contribution in [-0.2, 0) is 0 Å². The molecule has 0 aliphatic carbocycles. The van der Waals surface area contributed by atoms with Crippen molar-refractivity contribution in [1.82, 2.24) is 9.78 Å². The summed E-state index contributed by atoms with van der Waals surface area (Å²) in [7, 11) is 0. The van der Waals surface area contributed by atoms with Crippen LogP contribution in [0.5, 0.6) is 0 Å². The number of hydrogen-bond acceptors (Lipinski definition) is 3. The minimum Gasteiger partial charge on any atom is -0.478 e. The van der Waals surface area contributed by atoms with Crippen molar-refractivity contribution in [2.45, 2.75) is 0 Å². The van der Waals surface area contributed by atoms with Gasteiger partial charge in [-0.25, -0.2) is 9.48 Å². The van der Waals surface area contributed by atoms with Crippen LogP contribution in [0.25, 0.3) is 5.69 Å². The molecule has 0 aliphatic heterocycles. The molecule has 0 saturated heterocycles. The Hall–Kier alpha value is -2.13. The monoisotopic (exact) mass is 291 g/mol. The van der Waals surface area contributed by atoms with Gasteiger partial charge in [-0.1, -0.05) is 15.9 Å². The van der Waals surface area contributed by atoms with Crippen molar-refractivity contribution in [2.24, 2.45) is 0 Å². The van der Waals surface area contributed by atoms with Crippen molar-refractivity contribution >= 4 is 21.9 Å². The molecule has 0 bridgehead atoms. The number of aromatic carboxylic acids is 1. The number of nitriles is 1. The lowest BCUT2D eigenvalue weighted by molar-refractivity contribution is 0.0697. The van der Waals surface area contributed by atoms with E-state index in [0.717, 1.165) is 4.47 Å². The van der Waals surface area contributed by atoms with Crippen molar-refractivity contribution in [3.63, 3.8) is 0 Å². The standard InChI is InChI=1S/C11H6BrN3O2/c12-9-2-1-7(4-13)10(3-9)15-6-8(5-14-15)11(16)17/h1-3,5-6H,(H,16,17). The molecular formula is C11H6BrN3O2. The van der Waals surface area contributed by atoms with Crippen LogP contribution in [0.2, 0.25) is 0 Å². The summed E-state index contributed by atoms with van der Waals surface area (Å²) in [5, 5.41) is 21.7. The number of carboxylic acids is 1. The van der Waals surface area contributed by atoms with Crippen LogP contribution in [0.3, 0.4) is 0 Å². The number of aromatic nitrogens is 2. The third-order valence-corrected chi connectivity index (χ3v) is 2.65.